The van der Waals surface area contributed by atoms with Gasteiger partial charge in [-0.25, -0.2) is 4.79 Å². The molecule has 0 aliphatic heterocycles. The van der Waals surface area contributed by atoms with Gasteiger partial charge in [0, 0.05) is 25.7 Å². The van der Waals surface area contributed by atoms with Crippen LogP contribution in [0.3, 0.4) is 0 Å². The summed E-state index contributed by atoms with van der Waals surface area (Å²) in [6.07, 6.45) is 1.10. The third-order valence-corrected chi connectivity index (χ3v) is 16.7. The van der Waals surface area contributed by atoms with Gasteiger partial charge in [-0.15, -0.1) is 0 Å². The summed E-state index contributed by atoms with van der Waals surface area (Å²) in [7, 11) is 0. The summed E-state index contributed by atoms with van der Waals surface area (Å²) >= 11 is 0. The molecule has 0 heterocycles. The van der Waals surface area contributed by atoms with Crippen molar-refractivity contribution in [2.24, 2.45) is 40.3 Å². The predicted molar refractivity (Wildman–Crippen MR) is 375 cm³/mol. The second-order valence-corrected chi connectivity index (χ2v) is 25.2. The normalized spacial score (nSPS) is 14.3. The molecule has 28 heteroatoms. The van der Waals surface area contributed by atoms with E-state index in [1.807, 2.05) is 56.3 Å². The first-order valence-corrected chi connectivity index (χ1v) is 33.7. The molecule has 0 aliphatic carbocycles. The fraction of sp³-hybridized carbons (Fsp3) is 0.465. The molecule has 0 fully saturated rings. The van der Waals surface area contributed by atoms with Crippen molar-refractivity contribution in [1.29, 1.82) is 0 Å². The van der Waals surface area contributed by atoms with Crippen molar-refractivity contribution < 1.29 is 62.6 Å². The van der Waals surface area contributed by atoms with Gasteiger partial charge in [0.05, 0.1) is 12.5 Å². The summed E-state index contributed by atoms with van der Waals surface area (Å²) < 4.78 is 0. The van der Waals surface area contributed by atoms with Crippen LogP contribution < -0.4 is 82.3 Å². The van der Waals surface area contributed by atoms with E-state index < -0.39 is 151 Å². The number of unbranched alkanes of at least 4 members (excludes halogenated alkanes) is 3. The SMILES string of the molecule is CC(C)C[C@@H](NC(=O)[C@H](N)CCCCN)C(=O)N[C@@H](Cc1ccccc1)C(=O)N[C@@H](CC(N)=O)C(=O)N[C@@H](Cc1cccc2ccccc12)C(=O)N[C@@H](CCC(N)=O)C(=O)N[C@@H](C)C(=O)N[C@@H](CCCCN)C(=O)N[C@H](Cc1cccc2ccccc12)C(=O)N[C@H](CCCCN)C(=O)O. The molecule has 0 aliphatic rings. The van der Waals surface area contributed by atoms with Crippen LogP contribution in [0, 0.1) is 5.92 Å². The summed E-state index contributed by atoms with van der Waals surface area (Å²) in [6.45, 7) is 5.89. The first kappa shape index (κ1) is 79.8. The largest absolute Gasteiger partial charge is 0.480 e. The summed E-state index contributed by atoms with van der Waals surface area (Å²) in [5.41, 5.74) is 36.3. The number of rotatable bonds is 44. The number of carbonyl (C=O) groups excluding carboxylic acids is 11. The van der Waals surface area contributed by atoms with Crippen LogP contribution in [-0.2, 0) is 76.8 Å². The summed E-state index contributed by atoms with van der Waals surface area (Å²) in [5, 5.41) is 36.8. The Balaban J connectivity index is 1.42. The van der Waals surface area contributed by atoms with E-state index in [9.17, 15) is 62.6 Å². The Morgan fingerprint density at radius 3 is 1.25 bits per heavy atom. The Morgan fingerprint density at radius 1 is 0.374 bits per heavy atom. The highest BCUT2D eigenvalue weighted by molar-refractivity contribution is 6.00. The van der Waals surface area contributed by atoms with E-state index in [1.165, 1.54) is 6.92 Å². The molecule has 5 aromatic rings. The molecule has 0 saturated carbocycles. The van der Waals surface area contributed by atoms with Gasteiger partial charge in [0.2, 0.25) is 65.0 Å². The lowest BCUT2D eigenvalue weighted by Gasteiger charge is -2.28. The van der Waals surface area contributed by atoms with Crippen LogP contribution in [0.15, 0.2) is 115 Å². The molecule has 0 aromatic heterocycles. The Morgan fingerprint density at radius 2 is 0.758 bits per heavy atom. The highest BCUT2D eigenvalue weighted by atomic mass is 16.4. The Kier molecular flexibility index (Phi) is 33.3. The second kappa shape index (κ2) is 41.4. The lowest BCUT2D eigenvalue weighted by Crippen LogP contribution is -2.61. The van der Waals surface area contributed by atoms with Gasteiger partial charge in [-0.2, -0.15) is 0 Å². The maximum atomic E-state index is 14.9. The van der Waals surface area contributed by atoms with Crippen molar-refractivity contribution in [1.82, 2.24) is 47.9 Å². The Labute approximate surface area is 576 Å². The number of carbonyl (C=O) groups is 12. The van der Waals surface area contributed by atoms with Crippen LogP contribution >= 0.6 is 0 Å². The maximum Gasteiger partial charge on any atom is 0.326 e. The molecule has 99 heavy (non-hydrogen) atoms. The minimum Gasteiger partial charge on any atom is -0.480 e. The zero-order chi connectivity index (χ0) is 72.6. The van der Waals surface area contributed by atoms with Crippen LogP contribution in [0.25, 0.3) is 21.5 Å². The van der Waals surface area contributed by atoms with Crippen molar-refractivity contribution in [2.75, 3.05) is 19.6 Å². The molecule has 0 saturated heterocycles. The average Bonchev–Trinajstić information content (AvgIpc) is 0.832. The molecule has 536 valence electrons. The van der Waals surface area contributed by atoms with E-state index in [0.717, 1.165) is 16.2 Å². The lowest BCUT2D eigenvalue weighted by atomic mass is 9.97. The highest BCUT2D eigenvalue weighted by Crippen LogP contribution is 2.23. The highest BCUT2D eigenvalue weighted by Gasteiger charge is 2.37. The van der Waals surface area contributed by atoms with Crippen molar-refractivity contribution in [3.63, 3.8) is 0 Å². The number of carboxylic acid groups (broad SMARTS) is 1. The molecule has 0 bridgehead atoms. The standard InChI is InChI=1S/C71H99N15O13/c1-42(2)37-55(82-63(90)51(75)29-11-14-34-72)66(93)83-56(38-44-19-5-4-6-20-44)67(94)86-59(41-61(77)88)70(97)85-57(39-47-25-17-23-45-21-7-9-27-49(45)47)68(95)80-53(32-33-60(76)87)64(91)78-43(3)62(89)79-52(30-12-15-35-73)65(92)84-58(69(96)81-54(71(98)99)31-13-16-36-74)40-48-26-18-24-46-22-8-10-28-50(46)48/h4-10,17-28,42-43,51-59H,11-16,29-41,72-75H2,1-3H3,(H2,76,87)(H2,77,88)(H,78,91)(H,79,89)(H,80,95)(H,81,96)(H,82,90)(H,83,93)(H,84,92)(H,85,97)(H,86,94)(H,98,99)/t43-,51+,52-,53-,54+,55+,56-,57-,58+,59-/m0/s1. The second-order valence-electron chi connectivity index (χ2n) is 25.2. The average molecular weight is 1370 g/mol. The summed E-state index contributed by atoms with van der Waals surface area (Å²) in [4.78, 5) is 167. The van der Waals surface area contributed by atoms with Crippen molar-refractivity contribution in [2.45, 2.75) is 184 Å². The number of carboxylic acids is 1. The smallest absolute Gasteiger partial charge is 0.326 e. The van der Waals surface area contributed by atoms with E-state index in [-0.39, 0.29) is 51.0 Å². The number of aliphatic carboxylic acids is 1. The van der Waals surface area contributed by atoms with Gasteiger partial charge >= 0.3 is 5.97 Å². The van der Waals surface area contributed by atoms with Crippen LogP contribution in [-0.4, -0.2) is 156 Å². The first-order valence-electron chi connectivity index (χ1n) is 33.7. The molecule has 11 amide bonds. The molecule has 0 radical (unpaired) electrons. The number of primary amides is 2. The molecule has 5 aromatic carbocycles. The molecule has 22 N–H and O–H groups in total. The van der Waals surface area contributed by atoms with E-state index in [1.54, 1.807) is 72.8 Å². The number of benzene rings is 5. The zero-order valence-corrected chi connectivity index (χ0v) is 56.6. The van der Waals surface area contributed by atoms with Crippen LogP contribution in [0.1, 0.15) is 121 Å². The van der Waals surface area contributed by atoms with Crippen LogP contribution in [0.4, 0.5) is 0 Å². The van der Waals surface area contributed by atoms with Gasteiger partial charge < -0.3 is 87.4 Å². The predicted octanol–water partition coefficient (Wildman–Crippen LogP) is 0.390. The zero-order valence-electron chi connectivity index (χ0n) is 56.6. The molecule has 0 spiro atoms. The molecule has 0 unspecified atom stereocenters. The first-order chi connectivity index (χ1) is 47.3. The van der Waals surface area contributed by atoms with Crippen LogP contribution in [0.2, 0.25) is 0 Å². The molecular formula is C71H99N15O13. The minimum atomic E-state index is -1.80. The van der Waals surface area contributed by atoms with E-state index in [2.05, 4.69) is 47.9 Å². The molecule has 28 nitrogen and oxygen atoms in total. The Bertz CT molecular complexity index is 3550. The minimum absolute atomic E-state index is 0.00270. The number of amides is 11. The van der Waals surface area contributed by atoms with Crippen LogP contribution in [0.5, 0.6) is 0 Å². The topological polar surface area (TPSA) is 489 Å². The third kappa shape index (κ3) is 26.8. The van der Waals surface area contributed by atoms with E-state index >= 15 is 0 Å². The monoisotopic (exact) mass is 1370 g/mol. The van der Waals surface area contributed by atoms with E-state index in [0.29, 0.717) is 80.1 Å². The van der Waals surface area contributed by atoms with Gasteiger partial charge in [0.25, 0.3) is 0 Å². The van der Waals surface area contributed by atoms with Crippen molar-refractivity contribution in [3.05, 3.63) is 132 Å². The number of hydrogen-bond donors (Lipinski definition) is 16. The van der Waals surface area contributed by atoms with Gasteiger partial charge in [-0.05, 0) is 135 Å². The van der Waals surface area contributed by atoms with Crippen molar-refractivity contribution >= 4 is 92.5 Å². The number of fused-ring (bicyclic) bond motifs is 2. The Hall–Kier alpha value is -9.90. The summed E-state index contributed by atoms with van der Waals surface area (Å²) in [5.74, 6) is -11.3. The molecular weight excluding hydrogens is 1270 g/mol. The van der Waals surface area contributed by atoms with Crippen molar-refractivity contribution in [3.8, 4) is 0 Å². The number of nitrogens with one attached hydrogen (secondary N) is 9. The number of nitrogens with two attached hydrogens (primary N) is 6. The fourth-order valence-corrected chi connectivity index (χ4v) is 11.3. The summed E-state index contributed by atoms with van der Waals surface area (Å²) in [6, 6.07) is 19.6. The number of hydrogen-bond acceptors (Lipinski definition) is 16. The van der Waals surface area contributed by atoms with Gasteiger partial charge in [-0.3, -0.25) is 52.7 Å². The third-order valence-electron chi connectivity index (χ3n) is 16.7. The quantitative estimate of drug-likeness (QED) is 0.0235. The van der Waals surface area contributed by atoms with E-state index in [4.69, 9.17) is 34.4 Å². The van der Waals surface area contributed by atoms with Gasteiger partial charge in [0.15, 0.2) is 0 Å². The lowest BCUT2D eigenvalue weighted by molar-refractivity contribution is -0.142. The molecule has 5 rings (SSSR count). The maximum absolute atomic E-state index is 14.9. The van der Waals surface area contributed by atoms with Gasteiger partial charge in [-0.1, -0.05) is 136 Å². The van der Waals surface area contributed by atoms with Gasteiger partial charge in [0.1, 0.15) is 54.4 Å². The molecule has 10 atom stereocenters. The fourth-order valence-electron chi connectivity index (χ4n) is 11.3.